The molecule has 0 aliphatic carbocycles. The van der Waals surface area contributed by atoms with Crippen LogP contribution in [0.5, 0.6) is 5.75 Å². The Morgan fingerprint density at radius 3 is 2.39 bits per heavy atom. The third-order valence-corrected chi connectivity index (χ3v) is 6.70. The van der Waals surface area contributed by atoms with Crippen molar-refractivity contribution >= 4 is 22.9 Å². The highest BCUT2D eigenvalue weighted by molar-refractivity contribution is 7.10. The van der Waals surface area contributed by atoms with E-state index in [0.29, 0.717) is 5.56 Å². The van der Waals surface area contributed by atoms with E-state index in [4.69, 9.17) is 4.74 Å². The van der Waals surface area contributed by atoms with E-state index in [1.165, 1.54) is 10.6 Å². The maximum atomic E-state index is 12.7. The number of pyridine rings is 1. The second-order valence-corrected chi connectivity index (χ2v) is 8.66. The van der Waals surface area contributed by atoms with Gasteiger partial charge in [0.1, 0.15) is 5.75 Å². The average Bonchev–Trinajstić information content (AvgIpc) is 3.34. The molecule has 1 saturated heterocycles. The molecular formula is C24H28N4O2S. The van der Waals surface area contributed by atoms with Gasteiger partial charge in [0.2, 0.25) is 0 Å². The van der Waals surface area contributed by atoms with Crippen LogP contribution in [0.15, 0.2) is 66.3 Å². The predicted molar refractivity (Wildman–Crippen MR) is 125 cm³/mol. The van der Waals surface area contributed by atoms with Crippen LogP contribution in [-0.2, 0) is 0 Å². The van der Waals surface area contributed by atoms with Gasteiger partial charge in [0.05, 0.1) is 13.2 Å². The standard InChI is InChI=1S/C24H28N4O2S/c1-18(26-24(29)19-9-11-25-12-10-19)23(22-4-3-17-31-22)28-15-13-27(14-16-28)20-5-7-21(30-2)8-6-20/h3-12,17-18,23H,13-16H2,1-2H3,(H,26,29). The van der Waals surface area contributed by atoms with Crippen molar-refractivity contribution in [2.24, 2.45) is 0 Å². The molecule has 1 aromatic carbocycles. The van der Waals surface area contributed by atoms with Crippen LogP contribution in [0.2, 0.25) is 0 Å². The summed E-state index contributed by atoms with van der Waals surface area (Å²) in [6, 6.07) is 16.1. The van der Waals surface area contributed by atoms with Crippen LogP contribution < -0.4 is 15.0 Å². The molecule has 3 aromatic rings. The fraction of sp³-hybridized carbons (Fsp3) is 0.333. The summed E-state index contributed by atoms with van der Waals surface area (Å²) in [4.78, 5) is 22.9. The van der Waals surface area contributed by atoms with Crippen molar-refractivity contribution in [2.75, 3.05) is 38.2 Å². The molecule has 31 heavy (non-hydrogen) atoms. The minimum absolute atomic E-state index is 0.0214. The Balaban J connectivity index is 1.44. The molecule has 0 radical (unpaired) electrons. The van der Waals surface area contributed by atoms with Crippen molar-refractivity contribution in [3.63, 3.8) is 0 Å². The third kappa shape index (κ3) is 5.06. The van der Waals surface area contributed by atoms with E-state index in [-0.39, 0.29) is 18.0 Å². The van der Waals surface area contributed by atoms with Gasteiger partial charge in [0, 0.05) is 60.7 Å². The second-order valence-electron chi connectivity index (χ2n) is 7.68. The van der Waals surface area contributed by atoms with Gasteiger partial charge in [-0.05, 0) is 54.8 Å². The Bertz CT molecular complexity index is 955. The van der Waals surface area contributed by atoms with Crippen LogP contribution >= 0.6 is 11.3 Å². The lowest BCUT2D eigenvalue weighted by Gasteiger charge is -2.42. The van der Waals surface area contributed by atoms with Gasteiger partial charge in [-0.1, -0.05) is 6.07 Å². The number of ether oxygens (including phenoxy) is 1. The molecule has 1 N–H and O–H groups in total. The summed E-state index contributed by atoms with van der Waals surface area (Å²) in [5.41, 5.74) is 1.85. The number of hydrogen-bond donors (Lipinski definition) is 1. The summed E-state index contributed by atoms with van der Waals surface area (Å²) in [6.45, 7) is 5.85. The summed E-state index contributed by atoms with van der Waals surface area (Å²) in [6.07, 6.45) is 3.30. The molecule has 2 aromatic heterocycles. The van der Waals surface area contributed by atoms with E-state index < -0.39 is 0 Å². The molecule has 1 aliphatic heterocycles. The molecule has 7 heteroatoms. The monoisotopic (exact) mass is 436 g/mol. The van der Waals surface area contributed by atoms with Crippen molar-refractivity contribution in [1.29, 1.82) is 0 Å². The van der Waals surface area contributed by atoms with Crippen LogP contribution in [0.4, 0.5) is 5.69 Å². The molecule has 4 rings (SSSR count). The number of anilines is 1. The number of rotatable bonds is 7. The number of benzene rings is 1. The third-order valence-electron chi connectivity index (χ3n) is 5.75. The molecule has 1 aliphatic rings. The van der Waals surface area contributed by atoms with Crippen LogP contribution in [-0.4, -0.2) is 55.1 Å². The van der Waals surface area contributed by atoms with Crippen molar-refractivity contribution in [2.45, 2.75) is 19.0 Å². The lowest BCUT2D eigenvalue weighted by atomic mass is 10.0. The van der Waals surface area contributed by atoms with Crippen molar-refractivity contribution in [1.82, 2.24) is 15.2 Å². The minimum Gasteiger partial charge on any atom is -0.497 e. The minimum atomic E-state index is -0.0617. The topological polar surface area (TPSA) is 57.7 Å². The zero-order chi connectivity index (χ0) is 21.6. The molecule has 6 nitrogen and oxygen atoms in total. The Kier molecular flexibility index (Phi) is 6.84. The largest absolute Gasteiger partial charge is 0.497 e. The maximum absolute atomic E-state index is 12.7. The Morgan fingerprint density at radius 1 is 1.06 bits per heavy atom. The fourth-order valence-corrected chi connectivity index (χ4v) is 5.09. The van der Waals surface area contributed by atoms with Gasteiger partial charge in [-0.3, -0.25) is 14.7 Å². The van der Waals surface area contributed by atoms with E-state index in [2.05, 4.69) is 56.7 Å². The summed E-state index contributed by atoms with van der Waals surface area (Å²) in [5, 5.41) is 5.31. The first-order chi connectivity index (χ1) is 15.2. The summed E-state index contributed by atoms with van der Waals surface area (Å²) < 4.78 is 5.27. The molecule has 2 unspecified atom stereocenters. The molecular weight excluding hydrogens is 408 g/mol. The molecule has 2 atom stereocenters. The van der Waals surface area contributed by atoms with E-state index in [9.17, 15) is 4.79 Å². The van der Waals surface area contributed by atoms with E-state index in [1.807, 2.05) is 12.1 Å². The van der Waals surface area contributed by atoms with E-state index in [0.717, 1.165) is 31.9 Å². The lowest BCUT2D eigenvalue weighted by molar-refractivity contribution is 0.0890. The van der Waals surface area contributed by atoms with Crippen LogP contribution in [0, 0.1) is 0 Å². The highest BCUT2D eigenvalue weighted by Crippen LogP contribution is 2.30. The molecule has 0 bridgehead atoms. The smallest absolute Gasteiger partial charge is 0.251 e. The molecule has 1 fully saturated rings. The number of carbonyl (C=O) groups excluding carboxylic acids is 1. The molecule has 1 amide bonds. The zero-order valence-corrected chi connectivity index (χ0v) is 18.7. The molecule has 162 valence electrons. The van der Waals surface area contributed by atoms with Crippen LogP contribution in [0.3, 0.4) is 0 Å². The van der Waals surface area contributed by atoms with Gasteiger partial charge in [-0.15, -0.1) is 11.3 Å². The highest BCUT2D eigenvalue weighted by atomic mass is 32.1. The highest BCUT2D eigenvalue weighted by Gasteiger charge is 2.31. The fourth-order valence-electron chi connectivity index (χ4n) is 4.13. The zero-order valence-electron chi connectivity index (χ0n) is 17.9. The van der Waals surface area contributed by atoms with Crippen molar-refractivity contribution in [3.05, 3.63) is 76.7 Å². The average molecular weight is 437 g/mol. The van der Waals surface area contributed by atoms with Crippen molar-refractivity contribution in [3.8, 4) is 5.75 Å². The van der Waals surface area contributed by atoms with Crippen LogP contribution in [0.25, 0.3) is 0 Å². The Labute approximate surface area is 187 Å². The van der Waals surface area contributed by atoms with Crippen LogP contribution in [0.1, 0.15) is 28.2 Å². The number of hydrogen-bond acceptors (Lipinski definition) is 6. The number of methoxy groups -OCH3 is 1. The van der Waals surface area contributed by atoms with Gasteiger partial charge in [0.25, 0.3) is 5.91 Å². The van der Waals surface area contributed by atoms with E-state index in [1.54, 1.807) is 43.0 Å². The first-order valence-corrected chi connectivity index (χ1v) is 11.4. The van der Waals surface area contributed by atoms with Gasteiger partial charge in [0.15, 0.2) is 0 Å². The second kappa shape index (κ2) is 9.94. The number of aromatic nitrogens is 1. The maximum Gasteiger partial charge on any atom is 0.251 e. The number of nitrogens with one attached hydrogen (secondary N) is 1. The van der Waals surface area contributed by atoms with Gasteiger partial charge >= 0.3 is 0 Å². The van der Waals surface area contributed by atoms with Crippen molar-refractivity contribution < 1.29 is 9.53 Å². The number of thiophene rings is 1. The number of nitrogens with zero attached hydrogens (tertiary/aromatic N) is 3. The van der Waals surface area contributed by atoms with E-state index >= 15 is 0 Å². The quantitative estimate of drug-likeness (QED) is 0.610. The van der Waals surface area contributed by atoms with Gasteiger partial charge in [-0.2, -0.15) is 0 Å². The number of piperazine rings is 1. The van der Waals surface area contributed by atoms with Gasteiger partial charge in [-0.25, -0.2) is 0 Å². The lowest BCUT2D eigenvalue weighted by Crippen LogP contribution is -2.52. The first kappa shape index (κ1) is 21.3. The number of amides is 1. The number of carbonyl (C=O) groups is 1. The molecule has 3 heterocycles. The molecule has 0 saturated carbocycles. The normalized spacial score (nSPS) is 16.5. The first-order valence-electron chi connectivity index (χ1n) is 10.5. The SMILES string of the molecule is COc1ccc(N2CCN(C(c3cccs3)C(C)NC(=O)c3ccncc3)CC2)cc1. The summed E-state index contributed by atoms with van der Waals surface area (Å²) in [5.74, 6) is 0.812. The summed E-state index contributed by atoms with van der Waals surface area (Å²) in [7, 11) is 1.69. The molecule has 0 spiro atoms. The summed E-state index contributed by atoms with van der Waals surface area (Å²) >= 11 is 1.75. The Morgan fingerprint density at radius 2 is 1.77 bits per heavy atom. The Hall–Kier alpha value is -2.90. The predicted octanol–water partition coefficient (Wildman–Crippen LogP) is 3.83. The van der Waals surface area contributed by atoms with Gasteiger partial charge < -0.3 is 15.0 Å².